The highest BCUT2D eigenvalue weighted by Crippen LogP contribution is 2.38. The molecule has 2 aromatic rings. The molecule has 33 heavy (non-hydrogen) atoms. The van der Waals surface area contributed by atoms with Crippen LogP contribution in [0.15, 0.2) is 42.5 Å². The Kier molecular flexibility index (Phi) is 7.01. The predicted molar refractivity (Wildman–Crippen MR) is 126 cm³/mol. The zero-order valence-corrected chi connectivity index (χ0v) is 19.6. The lowest BCUT2D eigenvalue weighted by Crippen LogP contribution is -2.54. The largest absolute Gasteiger partial charge is 0.491 e. The number of piperidine rings is 1. The third kappa shape index (κ3) is 5.05. The van der Waals surface area contributed by atoms with Gasteiger partial charge in [-0.25, -0.2) is 4.39 Å². The Morgan fingerprint density at radius 2 is 1.85 bits per heavy atom. The number of aryl methyl sites for hydroxylation is 2. The first-order valence-electron chi connectivity index (χ1n) is 11.9. The molecule has 2 aliphatic rings. The Labute approximate surface area is 195 Å². The molecule has 1 atom stereocenters. The van der Waals surface area contributed by atoms with Crippen LogP contribution in [-0.4, -0.2) is 54.9 Å². The number of amides is 2. The van der Waals surface area contributed by atoms with Crippen molar-refractivity contribution in [1.82, 2.24) is 9.80 Å². The number of nitrogens with zero attached hydrogens (tertiary/aromatic N) is 2. The zero-order chi connectivity index (χ0) is 23.4. The molecule has 2 aliphatic heterocycles. The molecular formula is C27H33FN2O3. The van der Waals surface area contributed by atoms with E-state index in [-0.39, 0.29) is 17.6 Å². The first-order valence-corrected chi connectivity index (χ1v) is 11.9. The second kappa shape index (κ2) is 9.94. The van der Waals surface area contributed by atoms with Crippen molar-refractivity contribution < 1.29 is 18.7 Å². The molecule has 0 saturated carbocycles. The van der Waals surface area contributed by atoms with E-state index in [9.17, 15) is 14.0 Å². The average Bonchev–Trinajstić information content (AvgIpc) is 2.83. The van der Waals surface area contributed by atoms with Crippen molar-refractivity contribution in [2.45, 2.75) is 45.4 Å². The fourth-order valence-corrected chi connectivity index (χ4v) is 5.13. The summed E-state index contributed by atoms with van der Waals surface area (Å²) < 4.78 is 20.1. The van der Waals surface area contributed by atoms with Crippen LogP contribution in [0.2, 0.25) is 0 Å². The Hall–Kier alpha value is -2.89. The molecule has 4 rings (SSSR count). The van der Waals surface area contributed by atoms with Crippen molar-refractivity contribution in [2.75, 3.05) is 33.3 Å². The highest BCUT2D eigenvalue weighted by molar-refractivity contribution is 5.95. The van der Waals surface area contributed by atoms with E-state index in [0.717, 1.165) is 44.3 Å². The molecule has 1 unspecified atom stereocenters. The number of carbonyl (C=O) groups excluding carboxylic acids is 2. The van der Waals surface area contributed by atoms with Gasteiger partial charge >= 0.3 is 0 Å². The maximum atomic E-state index is 14.1. The maximum absolute atomic E-state index is 14.1. The highest BCUT2D eigenvalue weighted by atomic mass is 19.1. The van der Waals surface area contributed by atoms with E-state index in [2.05, 4.69) is 6.07 Å². The van der Waals surface area contributed by atoms with Gasteiger partial charge in [-0.2, -0.15) is 0 Å². The molecule has 1 saturated heterocycles. The van der Waals surface area contributed by atoms with Gasteiger partial charge in [0.05, 0.1) is 12.0 Å². The molecule has 5 nitrogen and oxygen atoms in total. The maximum Gasteiger partial charge on any atom is 0.253 e. The lowest BCUT2D eigenvalue weighted by atomic mass is 9.74. The quantitative estimate of drug-likeness (QED) is 0.634. The summed E-state index contributed by atoms with van der Waals surface area (Å²) in [6.07, 6.45) is 5.02. The van der Waals surface area contributed by atoms with Gasteiger partial charge in [0.2, 0.25) is 5.91 Å². The fraction of sp³-hybridized carbons (Fsp3) is 0.481. The molecule has 1 fully saturated rings. The second-order valence-corrected chi connectivity index (χ2v) is 9.46. The van der Waals surface area contributed by atoms with Gasteiger partial charge in [0.25, 0.3) is 5.91 Å². The standard InChI is InChI=1S/C27H33FN2O3/c1-20-11-12-22(18-23(20)28)25(31)30-15-7-14-27(19-30)13-6-5-9-21-8-3-4-10-24(21)33-17-16-29(2)26(27)32/h3-4,8,10-12,18H,5-7,9,13-17,19H2,1-2H3. The lowest BCUT2D eigenvalue weighted by molar-refractivity contribution is -0.144. The summed E-state index contributed by atoms with van der Waals surface area (Å²) in [5, 5.41) is 0. The van der Waals surface area contributed by atoms with Gasteiger partial charge in [-0.3, -0.25) is 9.59 Å². The summed E-state index contributed by atoms with van der Waals surface area (Å²) in [5.41, 5.74) is 1.45. The molecular weight excluding hydrogens is 419 g/mol. The molecule has 2 heterocycles. The van der Waals surface area contributed by atoms with E-state index in [0.29, 0.717) is 37.4 Å². The number of likely N-dealkylation sites (N-methyl/N-ethyl adjacent to an activating group) is 1. The van der Waals surface area contributed by atoms with Gasteiger partial charge in [0.1, 0.15) is 18.2 Å². The van der Waals surface area contributed by atoms with Gasteiger partial charge in [0.15, 0.2) is 0 Å². The van der Waals surface area contributed by atoms with Gasteiger partial charge in [-0.15, -0.1) is 0 Å². The molecule has 176 valence electrons. The van der Waals surface area contributed by atoms with E-state index >= 15 is 0 Å². The SMILES string of the molecule is Cc1ccc(C(=O)N2CCCC3(CCCCc4ccccc4OCCN(C)C3=O)C2)cc1F. The number of hydrogen-bond acceptors (Lipinski definition) is 3. The smallest absolute Gasteiger partial charge is 0.253 e. The summed E-state index contributed by atoms with van der Waals surface area (Å²) in [5.74, 6) is 0.391. The van der Waals surface area contributed by atoms with Gasteiger partial charge in [0, 0.05) is 25.7 Å². The number of fused-ring (bicyclic) bond motifs is 1. The van der Waals surface area contributed by atoms with Crippen molar-refractivity contribution in [3.63, 3.8) is 0 Å². The van der Waals surface area contributed by atoms with Crippen molar-refractivity contribution in [3.8, 4) is 5.75 Å². The lowest BCUT2D eigenvalue weighted by Gasteiger charge is -2.44. The molecule has 6 heteroatoms. The summed E-state index contributed by atoms with van der Waals surface area (Å²) in [7, 11) is 1.82. The highest BCUT2D eigenvalue weighted by Gasteiger charge is 2.44. The fourth-order valence-electron chi connectivity index (χ4n) is 5.13. The Morgan fingerprint density at radius 3 is 2.67 bits per heavy atom. The predicted octanol–water partition coefficient (Wildman–Crippen LogP) is 4.62. The van der Waals surface area contributed by atoms with Gasteiger partial charge in [-0.1, -0.05) is 30.7 Å². The molecule has 0 aromatic heterocycles. The zero-order valence-electron chi connectivity index (χ0n) is 19.6. The number of likely N-dealkylation sites (tertiary alicyclic amines) is 1. The molecule has 0 aliphatic carbocycles. The number of halogens is 1. The van der Waals surface area contributed by atoms with Crippen LogP contribution >= 0.6 is 0 Å². The van der Waals surface area contributed by atoms with Crippen LogP contribution in [0, 0.1) is 18.2 Å². The summed E-state index contributed by atoms with van der Waals surface area (Å²) in [6, 6.07) is 12.7. The minimum atomic E-state index is -0.607. The van der Waals surface area contributed by atoms with Crippen LogP contribution in [0.4, 0.5) is 4.39 Å². The summed E-state index contributed by atoms with van der Waals surface area (Å²) in [6.45, 7) is 3.57. The topological polar surface area (TPSA) is 49.9 Å². The van der Waals surface area contributed by atoms with Crippen LogP contribution in [0.3, 0.4) is 0 Å². The summed E-state index contributed by atoms with van der Waals surface area (Å²) >= 11 is 0. The van der Waals surface area contributed by atoms with Crippen molar-refractivity contribution in [1.29, 1.82) is 0 Å². The van der Waals surface area contributed by atoms with E-state index < -0.39 is 5.41 Å². The van der Waals surface area contributed by atoms with E-state index in [1.807, 2.05) is 25.2 Å². The number of rotatable bonds is 1. The van der Waals surface area contributed by atoms with Crippen molar-refractivity contribution in [3.05, 3.63) is 65.0 Å². The molecule has 0 bridgehead atoms. The Bertz CT molecular complexity index is 1020. The van der Waals surface area contributed by atoms with E-state index in [1.54, 1.807) is 28.9 Å². The van der Waals surface area contributed by atoms with E-state index in [4.69, 9.17) is 4.74 Å². The van der Waals surface area contributed by atoms with Crippen LogP contribution < -0.4 is 4.74 Å². The number of hydrogen-bond donors (Lipinski definition) is 0. The van der Waals surface area contributed by atoms with Crippen LogP contribution in [0.5, 0.6) is 5.75 Å². The van der Waals surface area contributed by atoms with Gasteiger partial charge in [-0.05, 0) is 68.4 Å². The molecule has 0 N–H and O–H groups in total. The van der Waals surface area contributed by atoms with Crippen molar-refractivity contribution in [2.24, 2.45) is 5.41 Å². The van der Waals surface area contributed by atoms with E-state index in [1.165, 1.54) is 11.6 Å². The molecule has 1 spiro atoms. The molecule has 2 aromatic carbocycles. The number of para-hydroxylation sites is 1. The summed E-state index contributed by atoms with van der Waals surface area (Å²) in [4.78, 5) is 30.4. The van der Waals surface area contributed by atoms with Crippen LogP contribution in [0.25, 0.3) is 0 Å². The Morgan fingerprint density at radius 1 is 1.06 bits per heavy atom. The first-order chi connectivity index (χ1) is 15.9. The molecule has 0 radical (unpaired) electrons. The number of ether oxygens (including phenoxy) is 1. The monoisotopic (exact) mass is 452 g/mol. The number of carbonyl (C=O) groups is 2. The van der Waals surface area contributed by atoms with Crippen LogP contribution in [0.1, 0.15) is 53.6 Å². The normalized spacial score (nSPS) is 22.2. The minimum Gasteiger partial charge on any atom is -0.491 e. The Balaban J connectivity index is 1.54. The first kappa shape index (κ1) is 23.3. The van der Waals surface area contributed by atoms with Gasteiger partial charge < -0.3 is 14.5 Å². The third-order valence-electron chi connectivity index (χ3n) is 7.09. The van der Waals surface area contributed by atoms with Crippen molar-refractivity contribution >= 4 is 11.8 Å². The number of benzene rings is 2. The van der Waals surface area contributed by atoms with Crippen LogP contribution in [-0.2, 0) is 11.2 Å². The average molecular weight is 453 g/mol. The molecule has 2 amide bonds. The second-order valence-electron chi connectivity index (χ2n) is 9.46. The third-order valence-corrected chi connectivity index (χ3v) is 7.09. The minimum absolute atomic E-state index is 0.0764.